The average molecular weight is 270 g/mol. The predicted molar refractivity (Wildman–Crippen MR) is 76.9 cm³/mol. The molecule has 1 aliphatic rings. The zero-order chi connectivity index (χ0) is 13.9. The zero-order valence-corrected chi connectivity index (χ0v) is 11.3. The number of carbonyl (C=O) groups excluding carboxylic acids is 1. The first-order chi connectivity index (χ1) is 9.78. The van der Waals surface area contributed by atoms with Crippen molar-refractivity contribution in [2.24, 2.45) is 5.92 Å². The van der Waals surface area contributed by atoms with Gasteiger partial charge >= 0.3 is 0 Å². The molecule has 2 aromatic rings. The molecule has 4 heteroatoms. The number of rotatable bonds is 3. The Labute approximate surface area is 118 Å². The highest BCUT2D eigenvalue weighted by Crippen LogP contribution is 2.19. The monoisotopic (exact) mass is 270 g/mol. The SMILES string of the molecule is O=C(c1ccc(-n2cccc2)cc1)N1CCC(CO)C1. The summed E-state index contributed by atoms with van der Waals surface area (Å²) in [5.74, 6) is 0.290. The lowest BCUT2D eigenvalue weighted by atomic mass is 10.1. The molecule has 3 rings (SSSR count). The van der Waals surface area contributed by atoms with Crippen LogP contribution in [-0.4, -0.2) is 40.2 Å². The Kier molecular flexibility index (Phi) is 3.56. The van der Waals surface area contributed by atoms with Crippen LogP contribution in [0.1, 0.15) is 16.8 Å². The van der Waals surface area contributed by atoms with Crippen LogP contribution in [0.15, 0.2) is 48.8 Å². The summed E-state index contributed by atoms with van der Waals surface area (Å²) < 4.78 is 2.01. The minimum absolute atomic E-state index is 0.0556. The fourth-order valence-corrected chi connectivity index (χ4v) is 2.63. The van der Waals surface area contributed by atoms with Crippen LogP contribution in [0.25, 0.3) is 5.69 Å². The van der Waals surface area contributed by atoms with Crippen molar-refractivity contribution in [2.45, 2.75) is 6.42 Å². The Balaban J connectivity index is 1.73. The van der Waals surface area contributed by atoms with E-state index in [1.807, 2.05) is 58.3 Å². The van der Waals surface area contributed by atoms with Crippen LogP contribution in [0.3, 0.4) is 0 Å². The number of benzene rings is 1. The molecular weight excluding hydrogens is 252 g/mol. The Bertz CT molecular complexity index is 575. The molecular formula is C16H18N2O2. The standard InChI is InChI=1S/C16H18N2O2/c19-12-13-7-10-18(11-13)16(20)14-3-5-15(6-4-14)17-8-1-2-9-17/h1-6,8-9,13,19H,7,10-12H2. The van der Waals surface area contributed by atoms with Crippen molar-refractivity contribution >= 4 is 5.91 Å². The summed E-state index contributed by atoms with van der Waals surface area (Å²) in [6, 6.07) is 11.6. The van der Waals surface area contributed by atoms with E-state index in [9.17, 15) is 4.79 Å². The van der Waals surface area contributed by atoms with Gasteiger partial charge in [-0.15, -0.1) is 0 Å². The molecule has 1 fully saturated rings. The van der Waals surface area contributed by atoms with Crippen LogP contribution in [0, 0.1) is 5.92 Å². The van der Waals surface area contributed by atoms with E-state index in [1.165, 1.54) is 0 Å². The highest BCUT2D eigenvalue weighted by atomic mass is 16.3. The Morgan fingerprint density at radius 3 is 2.50 bits per heavy atom. The number of likely N-dealkylation sites (tertiary alicyclic amines) is 1. The van der Waals surface area contributed by atoms with E-state index >= 15 is 0 Å². The van der Waals surface area contributed by atoms with Gasteiger partial charge in [0.15, 0.2) is 0 Å². The first-order valence-corrected chi connectivity index (χ1v) is 6.91. The molecule has 104 valence electrons. The molecule has 1 saturated heterocycles. The normalized spacial score (nSPS) is 18.4. The fraction of sp³-hybridized carbons (Fsp3) is 0.312. The molecule has 20 heavy (non-hydrogen) atoms. The zero-order valence-electron chi connectivity index (χ0n) is 11.3. The van der Waals surface area contributed by atoms with Gasteiger partial charge in [0.25, 0.3) is 5.91 Å². The number of aliphatic hydroxyl groups is 1. The van der Waals surface area contributed by atoms with E-state index in [0.717, 1.165) is 18.7 Å². The molecule has 0 radical (unpaired) electrons. The first kappa shape index (κ1) is 12.9. The molecule has 0 bridgehead atoms. The van der Waals surface area contributed by atoms with Gasteiger partial charge in [-0.1, -0.05) is 0 Å². The first-order valence-electron chi connectivity index (χ1n) is 6.91. The van der Waals surface area contributed by atoms with Gasteiger partial charge in [-0.25, -0.2) is 0 Å². The molecule has 1 aromatic carbocycles. The predicted octanol–water partition coefficient (Wildman–Crippen LogP) is 1.93. The smallest absolute Gasteiger partial charge is 0.253 e. The van der Waals surface area contributed by atoms with Crippen LogP contribution in [0.2, 0.25) is 0 Å². The third kappa shape index (κ3) is 2.47. The molecule has 1 aliphatic heterocycles. The van der Waals surface area contributed by atoms with Gasteiger partial charge in [-0.2, -0.15) is 0 Å². The maximum Gasteiger partial charge on any atom is 0.253 e. The molecule has 4 nitrogen and oxygen atoms in total. The highest BCUT2D eigenvalue weighted by molar-refractivity contribution is 5.94. The van der Waals surface area contributed by atoms with Crippen molar-refractivity contribution in [3.63, 3.8) is 0 Å². The van der Waals surface area contributed by atoms with E-state index in [4.69, 9.17) is 5.11 Å². The van der Waals surface area contributed by atoms with Gasteiger partial charge in [0.2, 0.25) is 0 Å². The highest BCUT2D eigenvalue weighted by Gasteiger charge is 2.26. The summed E-state index contributed by atoms with van der Waals surface area (Å²) >= 11 is 0. The van der Waals surface area contributed by atoms with Crippen molar-refractivity contribution < 1.29 is 9.90 Å². The second kappa shape index (κ2) is 5.51. The Morgan fingerprint density at radius 2 is 1.90 bits per heavy atom. The molecule has 1 atom stereocenters. The van der Waals surface area contributed by atoms with E-state index in [0.29, 0.717) is 12.1 Å². The molecule has 1 N–H and O–H groups in total. The van der Waals surface area contributed by atoms with Crippen molar-refractivity contribution in [1.82, 2.24) is 9.47 Å². The quantitative estimate of drug-likeness (QED) is 0.926. The third-order valence-electron chi connectivity index (χ3n) is 3.85. The summed E-state index contributed by atoms with van der Waals surface area (Å²) in [4.78, 5) is 14.2. The lowest BCUT2D eigenvalue weighted by molar-refractivity contribution is 0.0782. The van der Waals surface area contributed by atoms with Crippen molar-refractivity contribution in [3.05, 3.63) is 54.4 Å². The topological polar surface area (TPSA) is 45.5 Å². The van der Waals surface area contributed by atoms with Crippen LogP contribution >= 0.6 is 0 Å². The number of nitrogens with zero attached hydrogens (tertiary/aromatic N) is 2. The van der Waals surface area contributed by atoms with Crippen molar-refractivity contribution in [1.29, 1.82) is 0 Å². The van der Waals surface area contributed by atoms with Gasteiger partial charge in [-0.3, -0.25) is 4.79 Å². The molecule has 0 spiro atoms. The maximum atomic E-state index is 12.3. The van der Waals surface area contributed by atoms with E-state index in [1.54, 1.807) is 0 Å². The lowest BCUT2D eigenvalue weighted by Crippen LogP contribution is -2.29. The number of carbonyl (C=O) groups is 1. The van der Waals surface area contributed by atoms with Crippen molar-refractivity contribution in [2.75, 3.05) is 19.7 Å². The van der Waals surface area contributed by atoms with E-state index < -0.39 is 0 Å². The molecule has 2 heterocycles. The molecule has 0 saturated carbocycles. The molecule has 1 amide bonds. The Hall–Kier alpha value is -2.07. The minimum atomic E-state index is 0.0556. The van der Waals surface area contributed by atoms with Gasteiger partial charge in [-0.05, 0) is 42.8 Å². The molecule has 1 unspecified atom stereocenters. The van der Waals surface area contributed by atoms with Crippen LogP contribution in [-0.2, 0) is 0 Å². The second-order valence-electron chi connectivity index (χ2n) is 5.23. The van der Waals surface area contributed by atoms with Crippen LogP contribution in [0.5, 0.6) is 0 Å². The van der Waals surface area contributed by atoms with Crippen LogP contribution < -0.4 is 0 Å². The van der Waals surface area contributed by atoms with Crippen LogP contribution in [0.4, 0.5) is 0 Å². The summed E-state index contributed by atoms with van der Waals surface area (Å²) in [6.45, 7) is 1.56. The summed E-state index contributed by atoms with van der Waals surface area (Å²) in [6.07, 6.45) is 4.84. The minimum Gasteiger partial charge on any atom is -0.396 e. The summed E-state index contributed by atoms with van der Waals surface area (Å²) in [7, 11) is 0. The average Bonchev–Trinajstić information content (AvgIpc) is 3.18. The number of aromatic nitrogens is 1. The van der Waals surface area contributed by atoms with Gasteiger partial charge in [0, 0.05) is 49.3 Å². The summed E-state index contributed by atoms with van der Waals surface area (Å²) in [5, 5.41) is 9.14. The number of hydrogen-bond donors (Lipinski definition) is 1. The second-order valence-corrected chi connectivity index (χ2v) is 5.23. The van der Waals surface area contributed by atoms with Crippen molar-refractivity contribution in [3.8, 4) is 5.69 Å². The maximum absolute atomic E-state index is 12.3. The molecule has 1 aromatic heterocycles. The largest absolute Gasteiger partial charge is 0.396 e. The van der Waals surface area contributed by atoms with Gasteiger partial charge in [0.1, 0.15) is 0 Å². The Morgan fingerprint density at radius 1 is 1.20 bits per heavy atom. The van der Waals surface area contributed by atoms with Gasteiger partial charge < -0.3 is 14.6 Å². The van der Waals surface area contributed by atoms with E-state index in [2.05, 4.69) is 0 Å². The van der Waals surface area contributed by atoms with Gasteiger partial charge in [0.05, 0.1) is 0 Å². The lowest BCUT2D eigenvalue weighted by Gasteiger charge is -2.16. The van der Waals surface area contributed by atoms with E-state index in [-0.39, 0.29) is 18.4 Å². The molecule has 0 aliphatic carbocycles. The fourth-order valence-electron chi connectivity index (χ4n) is 2.63. The summed E-state index contributed by atoms with van der Waals surface area (Å²) in [5.41, 5.74) is 1.75. The number of aliphatic hydroxyl groups excluding tert-OH is 1. The number of hydrogen-bond acceptors (Lipinski definition) is 2. The third-order valence-corrected chi connectivity index (χ3v) is 3.85. The number of amides is 1.